The van der Waals surface area contributed by atoms with Crippen LogP contribution in [0, 0.1) is 0 Å². The Morgan fingerprint density at radius 3 is 2.71 bits per heavy atom. The second-order valence-electron chi connectivity index (χ2n) is 5.30. The van der Waals surface area contributed by atoms with Crippen molar-refractivity contribution in [3.8, 4) is 0 Å². The number of amides is 1. The molecule has 2 N–H and O–H groups in total. The number of nitrogens with one attached hydrogen (secondary N) is 2. The van der Waals surface area contributed by atoms with Crippen LogP contribution in [0.1, 0.15) is 33.3 Å². The van der Waals surface area contributed by atoms with Crippen LogP contribution in [0.5, 0.6) is 0 Å². The lowest BCUT2D eigenvalue weighted by Gasteiger charge is -2.23. The van der Waals surface area contributed by atoms with Crippen LogP contribution in [0.4, 0.5) is 0 Å². The van der Waals surface area contributed by atoms with Gasteiger partial charge in [-0.15, -0.1) is 0 Å². The molecule has 0 aliphatic heterocycles. The van der Waals surface area contributed by atoms with E-state index in [1.54, 1.807) is 11.3 Å². The third-order valence-corrected chi connectivity index (χ3v) is 3.07. The van der Waals surface area contributed by atoms with Crippen molar-refractivity contribution in [2.75, 3.05) is 6.54 Å². The number of thiophene rings is 1. The van der Waals surface area contributed by atoms with Gasteiger partial charge in [-0.2, -0.15) is 11.3 Å². The van der Waals surface area contributed by atoms with E-state index in [4.69, 9.17) is 0 Å². The molecule has 0 aliphatic rings. The summed E-state index contributed by atoms with van der Waals surface area (Å²) in [5, 5.41) is 10.4. The first kappa shape index (κ1) is 14.2. The third kappa shape index (κ3) is 5.84. The molecule has 1 amide bonds. The Balaban J connectivity index is 2.25. The molecular weight excluding hydrogens is 232 g/mol. The lowest BCUT2D eigenvalue weighted by atomic mass is 10.1. The van der Waals surface area contributed by atoms with Gasteiger partial charge in [0.1, 0.15) is 0 Å². The summed E-state index contributed by atoms with van der Waals surface area (Å²) in [5.41, 5.74) is 1.16. The highest BCUT2D eigenvalue weighted by Gasteiger charge is 2.18. The summed E-state index contributed by atoms with van der Waals surface area (Å²) in [6.07, 6.45) is 0.969. The van der Waals surface area contributed by atoms with Crippen LogP contribution in [0.2, 0.25) is 0 Å². The van der Waals surface area contributed by atoms with Gasteiger partial charge in [-0.3, -0.25) is 4.79 Å². The van der Waals surface area contributed by atoms with Gasteiger partial charge in [-0.05, 0) is 63.1 Å². The number of carbonyl (C=O) groups is 1. The van der Waals surface area contributed by atoms with Crippen molar-refractivity contribution in [1.82, 2.24) is 10.6 Å². The molecule has 1 aromatic heterocycles. The minimum Gasteiger partial charge on any atom is -0.350 e. The molecule has 0 radical (unpaired) electrons. The van der Waals surface area contributed by atoms with E-state index >= 15 is 0 Å². The molecule has 1 atom stereocenters. The zero-order valence-electron chi connectivity index (χ0n) is 11.0. The van der Waals surface area contributed by atoms with Gasteiger partial charge in [0.25, 0.3) is 0 Å². The van der Waals surface area contributed by atoms with E-state index < -0.39 is 0 Å². The van der Waals surface area contributed by atoms with Gasteiger partial charge in [-0.1, -0.05) is 0 Å². The van der Waals surface area contributed by atoms with Crippen molar-refractivity contribution < 1.29 is 4.79 Å². The molecule has 96 valence electrons. The van der Waals surface area contributed by atoms with E-state index in [1.807, 2.05) is 27.7 Å². The zero-order valence-corrected chi connectivity index (χ0v) is 11.9. The van der Waals surface area contributed by atoms with Gasteiger partial charge >= 0.3 is 0 Å². The molecule has 3 nitrogen and oxygen atoms in total. The first-order valence-electron chi connectivity index (χ1n) is 5.95. The maximum atomic E-state index is 11.8. The number of rotatable bonds is 5. The van der Waals surface area contributed by atoms with Crippen LogP contribution < -0.4 is 10.6 Å². The van der Waals surface area contributed by atoms with Crippen molar-refractivity contribution in [3.05, 3.63) is 22.4 Å². The molecule has 0 saturated heterocycles. The maximum Gasteiger partial charge on any atom is 0.237 e. The standard InChI is InChI=1S/C13H22N2OS/c1-10(12(16)15-13(2,3)4)14-7-5-11-6-8-17-9-11/h6,8-10,14H,5,7H2,1-4H3,(H,15,16). The lowest BCUT2D eigenvalue weighted by molar-refractivity contribution is -0.124. The molecule has 1 rings (SSSR count). The van der Waals surface area contributed by atoms with Gasteiger partial charge in [-0.25, -0.2) is 0 Å². The van der Waals surface area contributed by atoms with Crippen molar-refractivity contribution >= 4 is 17.2 Å². The molecule has 0 bridgehead atoms. The van der Waals surface area contributed by atoms with Gasteiger partial charge in [0.15, 0.2) is 0 Å². The second-order valence-corrected chi connectivity index (χ2v) is 6.08. The van der Waals surface area contributed by atoms with Crippen LogP contribution >= 0.6 is 11.3 Å². The number of carbonyl (C=O) groups excluding carboxylic acids is 1. The summed E-state index contributed by atoms with van der Waals surface area (Å²) in [4.78, 5) is 11.8. The fourth-order valence-electron chi connectivity index (χ4n) is 1.44. The van der Waals surface area contributed by atoms with Crippen molar-refractivity contribution in [1.29, 1.82) is 0 Å². The Bertz CT molecular complexity index is 341. The Morgan fingerprint density at radius 2 is 2.18 bits per heavy atom. The smallest absolute Gasteiger partial charge is 0.237 e. The first-order chi connectivity index (χ1) is 7.88. The fraction of sp³-hybridized carbons (Fsp3) is 0.615. The molecule has 0 aliphatic carbocycles. The van der Waals surface area contributed by atoms with E-state index in [0.717, 1.165) is 13.0 Å². The molecule has 1 heterocycles. The van der Waals surface area contributed by atoms with Crippen LogP contribution in [0.3, 0.4) is 0 Å². The topological polar surface area (TPSA) is 41.1 Å². The molecule has 0 spiro atoms. The lowest BCUT2D eigenvalue weighted by Crippen LogP contribution is -2.49. The van der Waals surface area contributed by atoms with E-state index in [1.165, 1.54) is 5.56 Å². The highest BCUT2D eigenvalue weighted by molar-refractivity contribution is 7.07. The minimum atomic E-state index is -0.166. The second kappa shape index (κ2) is 6.17. The molecule has 0 aromatic carbocycles. The van der Waals surface area contributed by atoms with Crippen molar-refractivity contribution in [2.24, 2.45) is 0 Å². The summed E-state index contributed by atoms with van der Waals surface area (Å²) in [7, 11) is 0. The normalized spacial score (nSPS) is 13.4. The van der Waals surface area contributed by atoms with E-state index in [2.05, 4.69) is 27.5 Å². The summed E-state index contributed by atoms with van der Waals surface area (Å²) in [6, 6.07) is 1.97. The first-order valence-corrected chi connectivity index (χ1v) is 6.89. The highest BCUT2D eigenvalue weighted by atomic mass is 32.1. The molecule has 17 heavy (non-hydrogen) atoms. The summed E-state index contributed by atoms with van der Waals surface area (Å²) in [6.45, 7) is 8.69. The van der Waals surface area contributed by atoms with Crippen molar-refractivity contribution in [2.45, 2.75) is 45.7 Å². The maximum absolute atomic E-state index is 11.8. The predicted octanol–water partition coefficient (Wildman–Crippen LogP) is 2.18. The van der Waals surface area contributed by atoms with E-state index in [-0.39, 0.29) is 17.5 Å². The molecule has 1 aromatic rings. The molecule has 0 saturated carbocycles. The SMILES string of the molecule is CC(NCCc1ccsc1)C(=O)NC(C)(C)C. The molecule has 1 unspecified atom stereocenters. The number of hydrogen-bond donors (Lipinski definition) is 2. The third-order valence-electron chi connectivity index (χ3n) is 2.34. The van der Waals surface area contributed by atoms with Gasteiger partial charge < -0.3 is 10.6 Å². The Hall–Kier alpha value is -0.870. The fourth-order valence-corrected chi connectivity index (χ4v) is 2.14. The van der Waals surface area contributed by atoms with E-state index in [9.17, 15) is 4.79 Å². The predicted molar refractivity (Wildman–Crippen MR) is 73.4 cm³/mol. The summed E-state index contributed by atoms with van der Waals surface area (Å²) < 4.78 is 0. The average molecular weight is 254 g/mol. The largest absolute Gasteiger partial charge is 0.350 e. The van der Waals surface area contributed by atoms with Crippen LogP contribution in [-0.4, -0.2) is 24.0 Å². The van der Waals surface area contributed by atoms with Crippen molar-refractivity contribution in [3.63, 3.8) is 0 Å². The molecule has 0 fully saturated rings. The average Bonchev–Trinajstić information content (AvgIpc) is 2.67. The monoisotopic (exact) mass is 254 g/mol. The molecule has 4 heteroatoms. The Labute approximate surface area is 108 Å². The van der Waals surface area contributed by atoms with E-state index in [0.29, 0.717) is 0 Å². The van der Waals surface area contributed by atoms with Crippen LogP contribution in [-0.2, 0) is 11.2 Å². The van der Waals surface area contributed by atoms with Gasteiger partial charge in [0.05, 0.1) is 6.04 Å². The summed E-state index contributed by atoms with van der Waals surface area (Å²) >= 11 is 1.71. The van der Waals surface area contributed by atoms with Crippen LogP contribution in [0.15, 0.2) is 16.8 Å². The summed E-state index contributed by atoms with van der Waals surface area (Å²) in [5.74, 6) is 0.0582. The minimum absolute atomic E-state index is 0.0582. The zero-order chi connectivity index (χ0) is 12.9. The van der Waals surface area contributed by atoms with Gasteiger partial charge in [0.2, 0.25) is 5.91 Å². The van der Waals surface area contributed by atoms with Gasteiger partial charge in [0, 0.05) is 5.54 Å². The number of hydrogen-bond acceptors (Lipinski definition) is 3. The molecular formula is C13H22N2OS. The highest BCUT2D eigenvalue weighted by Crippen LogP contribution is 2.06. The quantitative estimate of drug-likeness (QED) is 0.845. The van der Waals surface area contributed by atoms with Crippen LogP contribution in [0.25, 0.3) is 0 Å². The Morgan fingerprint density at radius 1 is 1.47 bits per heavy atom. The Kier molecular flexibility index (Phi) is 5.15.